The number of ether oxygens (including phenoxy) is 2. The zero-order valence-corrected chi connectivity index (χ0v) is 18.8. The van der Waals surface area contributed by atoms with E-state index in [0.717, 1.165) is 11.1 Å². The Morgan fingerprint density at radius 1 is 1.00 bits per heavy atom. The number of rotatable bonds is 11. The van der Waals surface area contributed by atoms with Gasteiger partial charge in [0.05, 0.1) is 19.2 Å². The quantitative estimate of drug-likeness (QED) is 0.521. The number of hydrogen-bond acceptors (Lipinski definition) is 6. The lowest BCUT2D eigenvalue weighted by molar-refractivity contribution is -0.143. The molecule has 170 valence electrons. The summed E-state index contributed by atoms with van der Waals surface area (Å²) in [7, 11) is 1.32. The van der Waals surface area contributed by atoms with Gasteiger partial charge in [0.2, 0.25) is 0 Å². The number of amides is 1. The van der Waals surface area contributed by atoms with Crippen molar-refractivity contribution >= 4 is 12.1 Å². The van der Waals surface area contributed by atoms with Crippen LogP contribution in [0.25, 0.3) is 0 Å². The Morgan fingerprint density at radius 3 is 2.12 bits per heavy atom. The highest BCUT2D eigenvalue weighted by molar-refractivity contribution is 5.75. The molecule has 0 bridgehead atoms. The maximum atomic E-state index is 12.5. The molecule has 3 atom stereocenters. The number of carbonyl (C=O) groups is 2. The van der Waals surface area contributed by atoms with Crippen molar-refractivity contribution < 1.29 is 19.1 Å². The Labute approximate surface area is 189 Å². The second kappa shape index (κ2) is 13.1. The lowest BCUT2D eigenvalue weighted by atomic mass is 9.97. The Balaban J connectivity index is 2.14. The van der Waals surface area contributed by atoms with Crippen LogP contribution in [-0.4, -0.2) is 37.3 Å². The maximum absolute atomic E-state index is 12.5. The molecule has 0 aliphatic rings. The standard InChI is InChI=1S/C25H31N3O4/c1-18(2)14-22(24(29)31-3)27-23(16-26)21(15-19-10-6-4-7-11-19)28-25(30)32-17-20-12-8-5-9-13-20/h4-13,18,21-23,27H,14-15,17H2,1-3H3,(H,28,30)/t21-,22-,23+/m0/s1. The van der Waals surface area contributed by atoms with Gasteiger partial charge in [-0.25, -0.2) is 4.79 Å². The van der Waals surface area contributed by atoms with Crippen molar-refractivity contribution in [3.63, 3.8) is 0 Å². The molecule has 2 N–H and O–H groups in total. The van der Waals surface area contributed by atoms with Gasteiger partial charge >= 0.3 is 12.1 Å². The van der Waals surface area contributed by atoms with Crippen molar-refractivity contribution in [3.8, 4) is 6.07 Å². The van der Waals surface area contributed by atoms with E-state index >= 15 is 0 Å². The molecule has 0 aliphatic heterocycles. The first-order valence-electron chi connectivity index (χ1n) is 10.7. The molecule has 7 heteroatoms. The third kappa shape index (κ3) is 8.40. The van der Waals surface area contributed by atoms with E-state index in [4.69, 9.17) is 9.47 Å². The lowest BCUT2D eigenvalue weighted by Crippen LogP contribution is -2.55. The summed E-state index contributed by atoms with van der Waals surface area (Å²) in [4.78, 5) is 24.8. The van der Waals surface area contributed by atoms with E-state index in [1.54, 1.807) is 0 Å². The number of nitrogens with one attached hydrogen (secondary N) is 2. The van der Waals surface area contributed by atoms with Crippen molar-refractivity contribution in [1.29, 1.82) is 5.26 Å². The molecule has 2 aromatic rings. The molecular formula is C25H31N3O4. The predicted octanol–water partition coefficient (Wildman–Crippen LogP) is 3.59. The molecule has 0 fully saturated rings. The molecular weight excluding hydrogens is 406 g/mol. The summed E-state index contributed by atoms with van der Waals surface area (Å²) in [6.07, 6.45) is 0.263. The molecule has 0 heterocycles. The Kier molecular flexibility index (Phi) is 10.2. The molecule has 0 radical (unpaired) electrons. The molecule has 32 heavy (non-hydrogen) atoms. The fraction of sp³-hybridized carbons (Fsp3) is 0.400. The van der Waals surface area contributed by atoms with Crippen molar-refractivity contribution in [3.05, 3.63) is 71.8 Å². The van der Waals surface area contributed by atoms with Crippen LogP contribution in [0.2, 0.25) is 0 Å². The molecule has 0 saturated carbocycles. The van der Waals surface area contributed by atoms with Crippen LogP contribution in [0.4, 0.5) is 4.79 Å². The smallest absolute Gasteiger partial charge is 0.407 e. The highest BCUT2D eigenvalue weighted by atomic mass is 16.5. The van der Waals surface area contributed by atoms with E-state index in [-0.39, 0.29) is 12.5 Å². The molecule has 2 rings (SSSR count). The number of esters is 1. The second-order valence-electron chi connectivity index (χ2n) is 7.98. The minimum Gasteiger partial charge on any atom is -0.468 e. The van der Waals surface area contributed by atoms with Crippen LogP contribution >= 0.6 is 0 Å². The average molecular weight is 438 g/mol. The Morgan fingerprint density at radius 2 is 1.59 bits per heavy atom. The third-order valence-electron chi connectivity index (χ3n) is 4.93. The van der Waals surface area contributed by atoms with Crippen LogP contribution in [0.1, 0.15) is 31.4 Å². The van der Waals surface area contributed by atoms with Crippen LogP contribution in [0.5, 0.6) is 0 Å². The Hall–Kier alpha value is -3.37. The zero-order valence-electron chi connectivity index (χ0n) is 18.8. The van der Waals surface area contributed by atoms with Crippen LogP contribution in [0.3, 0.4) is 0 Å². The van der Waals surface area contributed by atoms with Gasteiger partial charge in [0.25, 0.3) is 0 Å². The molecule has 0 unspecified atom stereocenters. The van der Waals surface area contributed by atoms with Crippen LogP contribution in [-0.2, 0) is 27.3 Å². The van der Waals surface area contributed by atoms with Crippen molar-refractivity contribution in [2.24, 2.45) is 5.92 Å². The van der Waals surface area contributed by atoms with E-state index in [1.807, 2.05) is 74.5 Å². The SMILES string of the molecule is COC(=O)[C@H](CC(C)C)N[C@H](C#N)[C@H](Cc1ccccc1)NC(=O)OCc1ccccc1. The molecule has 2 aromatic carbocycles. The van der Waals surface area contributed by atoms with E-state index in [2.05, 4.69) is 16.7 Å². The number of carbonyl (C=O) groups excluding carboxylic acids is 2. The molecule has 0 spiro atoms. The monoisotopic (exact) mass is 437 g/mol. The molecule has 0 saturated heterocycles. The maximum Gasteiger partial charge on any atom is 0.407 e. The minimum atomic E-state index is -0.831. The van der Waals surface area contributed by atoms with E-state index in [9.17, 15) is 14.9 Å². The average Bonchev–Trinajstić information content (AvgIpc) is 2.80. The number of hydrogen-bond donors (Lipinski definition) is 2. The van der Waals surface area contributed by atoms with Gasteiger partial charge in [-0.1, -0.05) is 74.5 Å². The van der Waals surface area contributed by atoms with Crippen LogP contribution < -0.4 is 10.6 Å². The molecule has 7 nitrogen and oxygen atoms in total. The number of nitriles is 1. The van der Waals surface area contributed by atoms with Crippen molar-refractivity contribution in [2.45, 2.75) is 51.4 Å². The van der Waals surface area contributed by atoms with Crippen LogP contribution in [0.15, 0.2) is 60.7 Å². The topological polar surface area (TPSA) is 100 Å². The van der Waals surface area contributed by atoms with Crippen molar-refractivity contribution in [2.75, 3.05) is 7.11 Å². The molecule has 1 amide bonds. The summed E-state index contributed by atoms with van der Waals surface area (Å²) in [6, 6.07) is 19.0. The van der Waals surface area contributed by atoms with Gasteiger partial charge in [-0.2, -0.15) is 5.26 Å². The van der Waals surface area contributed by atoms with Crippen molar-refractivity contribution in [1.82, 2.24) is 10.6 Å². The van der Waals surface area contributed by atoms with Gasteiger partial charge in [0.1, 0.15) is 18.7 Å². The number of methoxy groups -OCH3 is 1. The summed E-state index contributed by atoms with van der Waals surface area (Å²) in [6.45, 7) is 4.09. The second-order valence-corrected chi connectivity index (χ2v) is 7.98. The molecule has 0 aliphatic carbocycles. The summed E-state index contributed by atoms with van der Waals surface area (Å²) in [5.41, 5.74) is 1.81. The number of alkyl carbamates (subject to hydrolysis) is 1. The van der Waals surface area contributed by atoms with Crippen LogP contribution in [0, 0.1) is 17.2 Å². The highest BCUT2D eigenvalue weighted by Gasteiger charge is 2.30. The van der Waals surface area contributed by atoms with E-state index in [1.165, 1.54) is 7.11 Å². The number of benzene rings is 2. The summed E-state index contributed by atoms with van der Waals surface area (Å²) >= 11 is 0. The summed E-state index contributed by atoms with van der Waals surface area (Å²) in [5, 5.41) is 15.8. The first-order valence-corrected chi connectivity index (χ1v) is 10.7. The zero-order chi connectivity index (χ0) is 23.3. The van der Waals surface area contributed by atoms with Gasteiger partial charge in [-0.15, -0.1) is 0 Å². The highest BCUT2D eigenvalue weighted by Crippen LogP contribution is 2.12. The Bertz CT molecular complexity index is 881. The van der Waals surface area contributed by atoms with E-state index in [0.29, 0.717) is 12.8 Å². The van der Waals surface area contributed by atoms with Gasteiger partial charge < -0.3 is 14.8 Å². The van der Waals surface area contributed by atoms with Gasteiger partial charge in [0, 0.05) is 0 Å². The largest absolute Gasteiger partial charge is 0.468 e. The minimum absolute atomic E-state index is 0.119. The fourth-order valence-electron chi connectivity index (χ4n) is 3.34. The summed E-state index contributed by atoms with van der Waals surface area (Å²) in [5.74, 6) is -0.230. The van der Waals surface area contributed by atoms with Gasteiger partial charge in [-0.3, -0.25) is 10.1 Å². The fourth-order valence-corrected chi connectivity index (χ4v) is 3.34. The first kappa shape index (κ1) is 24.9. The number of nitrogens with zero attached hydrogens (tertiary/aromatic N) is 1. The van der Waals surface area contributed by atoms with E-state index < -0.39 is 30.2 Å². The first-order chi connectivity index (χ1) is 15.4. The van der Waals surface area contributed by atoms with Gasteiger partial charge in [-0.05, 0) is 29.9 Å². The molecule has 0 aromatic heterocycles. The van der Waals surface area contributed by atoms with Gasteiger partial charge in [0.15, 0.2) is 0 Å². The normalized spacial score (nSPS) is 13.5. The lowest BCUT2D eigenvalue weighted by Gasteiger charge is -2.28. The summed E-state index contributed by atoms with van der Waals surface area (Å²) < 4.78 is 10.3. The third-order valence-corrected chi connectivity index (χ3v) is 4.93. The predicted molar refractivity (Wildman–Crippen MR) is 121 cm³/mol.